The van der Waals surface area contributed by atoms with Crippen LogP contribution in [0.15, 0.2) is 0 Å². The molecule has 136 valence electrons. The molecule has 7 heteroatoms. The number of alkyl halides is 3. The summed E-state index contributed by atoms with van der Waals surface area (Å²) in [7, 11) is 0. The number of amides is 2. The summed E-state index contributed by atoms with van der Waals surface area (Å²) in [4.78, 5) is 13.6. The SMILES string of the molecule is CC(C)CCCC(C)NC(=O)N1CCC(C(O)C(F)(F)F)CC1. The predicted molar refractivity (Wildman–Crippen MR) is 83.0 cm³/mol. The molecule has 0 aliphatic carbocycles. The van der Waals surface area contributed by atoms with E-state index in [-0.39, 0.29) is 38.0 Å². The highest BCUT2D eigenvalue weighted by Crippen LogP contribution is 2.31. The van der Waals surface area contributed by atoms with Gasteiger partial charge in [-0.25, -0.2) is 4.79 Å². The minimum Gasteiger partial charge on any atom is -0.383 e. The minimum atomic E-state index is -4.58. The van der Waals surface area contributed by atoms with Crippen molar-refractivity contribution in [1.82, 2.24) is 10.2 Å². The highest BCUT2D eigenvalue weighted by atomic mass is 19.4. The topological polar surface area (TPSA) is 52.6 Å². The van der Waals surface area contributed by atoms with Gasteiger partial charge in [0.1, 0.15) is 0 Å². The Hall–Kier alpha value is -0.980. The van der Waals surface area contributed by atoms with Gasteiger partial charge in [-0.15, -0.1) is 0 Å². The fourth-order valence-corrected chi connectivity index (χ4v) is 2.89. The molecule has 1 aliphatic rings. The van der Waals surface area contributed by atoms with Crippen molar-refractivity contribution in [3.8, 4) is 0 Å². The number of urea groups is 1. The van der Waals surface area contributed by atoms with Crippen LogP contribution in [0.1, 0.15) is 52.9 Å². The van der Waals surface area contributed by atoms with Crippen molar-refractivity contribution in [3.63, 3.8) is 0 Å². The van der Waals surface area contributed by atoms with Crippen LogP contribution in [0.4, 0.5) is 18.0 Å². The maximum Gasteiger partial charge on any atom is 0.414 e. The van der Waals surface area contributed by atoms with Gasteiger partial charge in [0.05, 0.1) is 0 Å². The van der Waals surface area contributed by atoms with E-state index in [0.717, 1.165) is 19.3 Å². The summed E-state index contributed by atoms with van der Waals surface area (Å²) in [5.41, 5.74) is 0. The van der Waals surface area contributed by atoms with Crippen molar-refractivity contribution in [2.75, 3.05) is 13.1 Å². The van der Waals surface area contributed by atoms with Crippen LogP contribution in [0.25, 0.3) is 0 Å². The first-order valence-electron chi connectivity index (χ1n) is 8.41. The first kappa shape index (κ1) is 20.1. The quantitative estimate of drug-likeness (QED) is 0.778. The first-order chi connectivity index (χ1) is 10.6. The van der Waals surface area contributed by atoms with E-state index in [1.54, 1.807) is 4.90 Å². The van der Waals surface area contributed by atoms with Crippen LogP contribution in [0, 0.1) is 11.8 Å². The van der Waals surface area contributed by atoms with Crippen molar-refractivity contribution in [2.45, 2.75) is 71.2 Å². The number of halogens is 3. The lowest BCUT2D eigenvalue weighted by molar-refractivity contribution is -0.222. The maximum atomic E-state index is 12.5. The molecule has 0 saturated carbocycles. The molecule has 0 spiro atoms. The van der Waals surface area contributed by atoms with Crippen molar-refractivity contribution >= 4 is 6.03 Å². The molecule has 23 heavy (non-hydrogen) atoms. The number of nitrogens with one attached hydrogen (secondary N) is 1. The molecule has 2 N–H and O–H groups in total. The van der Waals surface area contributed by atoms with E-state index < -0.39 is 18.2 Å². The molecule has 0 bridgehead atoms. The second kappa shape index (κ2) is 8.76. The normalized spacial score (nSPS) is 19.7. The van der Waals surface area contributed by atoms with Crippen LogP contribution in [-0.2, 0) is 0 Å². The van der Waals surface area contributed by atoms with E-state index in [1.807, 2.05) is 6.92 Å². The van der Waals surface area contributed by atoms with Crippen molar-refractivity contribution < 1.29 is 23.1 Å². The van der Waals surface area contributed by atoms with E-state index in [4.69, 9.17) is 0 Å². The van der Waals surface area contributed by atoms with Gasteiger partial charge in [-0.05, 0) is 38.0 Å². The van der Waals surface area contributed by atoms with Gasteiger partial charge in [0, 0.05) is 19.1 Å². The van der Waals surface area contributed by atoms with Crippen LogP contribution in [0.2, 0.25) is 0 Å². The summed E-state index contributed by atoms with van der Waals surface area (Å²) >= 11 is 0. The summed E-state index contributed by atoms with van der Waals surface area (Å²) in [6.45, 7) is 6.76. The average molecular weight is 338 g/mol. The molecular formula is C16H29F3N2O2. The van der Waals surface area contributed by atoms with Gasteiger partial charge in [0.2, 0.25) is 0 Å². The van der Waals surface area contributed by atoms with E-state index in [0.29, 0.717) is 5.92 Å². The lowest BCUT2D eigenvalue weighted by Crippen LogP contribution is -2.49. The van der Waals surface area contributed by atoms with Gasteiger partial charge >= 0.3 is 12.2 Å². The molecule has 0 aromatic rings. The van der Waals surface area contributed by atoms with Crippen LogP contribution < -0.4 is 5.32 Å². The number of hydrogen-bond donors (Lipinski definition) is 2. The van der Waals surface area contributed by atoms with Crippen LogP contribution in [0.3, 0.4) is 0 Å². The van der Waals surface area contributed by atoms with Crippen molar-refractivity contribution in [2.24, 2.45) is 11.8 Å². The molecule has 1 fully saturated rings. The number of piperidine rings is 1. The van der Waals surface area contributed by atoms with Crippen LogP contribution in [0.5, 0.6) is 0 Å². The highest BCUT2D eigenvalue weighted by Gasteiger charge is 2.44. The summed E-state index contributed by atoms with van der Waals surface area (Å²) in [6.07, 6.45) is -3.47. The van der Waals surface area contributed by atoms with Gasteiger partial charge in [-0.3, -0.25) is 0 Å². The fourth-order valence-electron chi connectivity index (χ4n) is 2.89. The van der Waals surface area contributed by atoms with Crippen LogP contribution in [-0.4, -0.2) is 47.4 Å². The van der Waals surface area contributed by atoms with E-state index in [9.17, 15) is 23.1 Å². The number of nitrogens with zero attached hydrogens (tertiary/aromatic N) is 1. The average Bonchev–Trinajstić information content (AvgIpc) is 2.45. The Labute approximate surface area is 136 Å². The summed E-state index contributed by atoms with van der Waals surface area (Å²) in [5.74, 6) is -0.181. The van der Waals surface area contributed by atoms with Crippen molar-refractivity contribution in [3.05, 3.63) is 0 Å². The molecule has 2 atom stereocenters. The van der Waals surface area contributed by atoms with Gasteiger partial charge in [0.15, 0.2) is 6.10 Å². The Morgan fingerprint density at radius 2 is 1.78 bits per heavy atom. The molecule has 4 nitrogen and oxygen atoms in total. The lowest BCUT2D eigenvalue weighted by atomic mass is 9.91. The summed E-state index contributed by atoms with van der Waals surface area (Å²) in [5, 5.41) is 12.2. The number of likely N-dealkylation sites (tertiary alicyclic amines) is 1. The molecule has 1 saturated heterocycles. The third kappa shape index (κ3) is 6.97. The molecular weight excluding hydrogens is 309 g/mol. The Balaban J connectivity index is 2.32. The summed E-state index contributed by atoms with van der Waals surface area (Å²) < 4.78 is 37.5. The Bertz CT molecular complexity index is 367. The maximum absolute atomic E-state index is 12.5. The molecule has 0 aromatic heterocycles. The van der Waals surface area contributed by atoms with Gasteiger partial charge in [0.25, 0.3) is 0 Å². The van der Waals surface area contributed by atoms with E-state index in [2.05, 4.69) is 19.2 Å². The van der Waals surface area contributed by atoms with Gasteiger partial charge in [-0.1, -0.05) is 26.7 Å². The minimum absolute atomic E-state index is 0.0553. The zero-order valence-electron chi connectivity index (χ0n) is 14.2. The number of hydrogen-bond acceptors (Lipinski definition) is 2. The number of aliphatic hydroxyl groups is 1. The van der Waals surface area contributed by atoms with E-state index in [1.165, 1.54) is 0 Å². The Morgan fingerprint density at radius 3 is 2.26 bits per heavy atom. The second-order valence-electron chi connectivity index (χ2n) is 6.99. The molecule has 1 aliphatic heterocycles. The molecule has 0 aromatic carbocycles. The highest BCUT2D eigenvalue weighted by molar-refractivity contribution is 5.74. The number of carbonyl (C=O) groups is 1. The Morgan fingerprint density at radius 1 is 1.22 bits per heavy atom. The van der Waals surface area contributed by atoms with Crippen molar-refractivity contribution in [1.29, 1.82) is 0 Å². The largest absolute Gasteiger partial charge is 0.414 e. The van der Waals surface area contributed by atoms with Gasteiger partial charge < -0.3 is 15.3 Å². The Kier molecular flexibility index (Phi) is 7.64. The standard InChI is InChI=1S/C16H29F3N2O2/c1-11(2)5-4-6-12(3)20-15(23)21-9-7-13(8-10-21)14(22)16(17,18)19/h11-14,22H,4-10H2,1-3H3,(H,20,23). The molecule has 1 rings (SSSR count). The monoisotopic (exact) mass is 338 g/mol. The molecule has 2 amide bonds. The second-order valence-corrected chi connectivity index (χ2v) is 6.99. The predicted octanol–water partition coefficient (Wildman–Crippen LogP) is 3.55. The van der Waals surface area contributed by atoms with E-state index >= 15 is 0 Å². The number of rotatable bonds is 6. The number of aliphatic hydroxyl groups excluding tert-OH is 1. The number of carbonyl (C=O) groups excluding carboxylic acids is 1. The lowest BCUT2D eigenvalue weighted by Gasteiger charge is -2.35. The zero-order chi connectivity index (χ0) is 17.6. The molecule has 0 radical (unpaired) electrons. The van der Waals surface area contributed by atoms with Gasteiger partial charge in [-0.2, -0.15) is 13.2 Å². The van der Waals surface area contributed by atoms with Crippen LogP contribution >= 0.6 is 0 Å². The zero-order valence-corrected chi connectivity index (χ0v) is 14.2. The summed E-state index contributed by atoms with van der Waals surface area (Å²) in [6, 6.07) is -0.165. The third-order valence-electron chi connectivity index (χ3n) is 4.40. The fraction of sp³-hybridized carbons (Fsp3) is 0.938. The smallest absolute Gasteiger partial charge is 0.383 e. The third-order valence-corrected chi connectivity index (χ3v) is 4.40. The molecule has 2 unspecified atom stereocenters. The molecule has 1 heterocycles. The first-order valence-corrected chi connectivity index (χ1v) is 8.41.